The first kappa shape index (κ1) is 20.3. The predicted molar refractivity (Wildman–Crippen MR) is 101 cm³/mol. The van der Waals surface area contributed by atoms with Crippen LogP contribution in [0.15, 0.2) is 10.6 Å². The molecule has 3 heterocycles. The number of aliphatic hydroxyl groups excluding tert-OH is 1. The van der Waals surface area contributed by atoms with Gasteiger partial charge in [-0.2, -0.15) is 0 Å². The number of rotatable bonds is 6. The van der Waals surface area contributed by atoms with Gasteiger partial charge >= 0.3 is 0 Å². The van der Waals surface area contributed by atoms with Gasteiger partial charge in [-0.3, -0.25) is 19.5 Å². The normalized spacial score (nSPS) is 23.0. The van der Waals surface area contributed by atoms with Crippen molar-refractivity contribution >= 4 is 6.47 Å². The lowest BCUT2D eigenvalue weighted by Crippen LogP contribution is -2.53. The van der Waals surface area contributed by atoms with Crippen molar-refractivity contribution in [2.24, 2.45) is 0 Å². The summed E-state index contributed by atoms with van der Waals surface area (Å²) in [7, 11) is 0. The minimum absolute atomic E-state index is 0.250. The average molecular weight is 380 g/mol. The van der Waals surface area contributed by atoms with E-state index in [-0.39, 0.29) is 13.1 Å². The van der Waals surface area contributed by atoms with Crippen LogP contribution in [0.4, 0.5) is 0 Å². The van der Waals surface area contributed by atoms with E-state index in [1.807, 2.05) is 0 Å². The molecule has 1 saturated carbocycles. The molecule has 0 aromatic carbocycles. The van der Waals surface area contributed by atoms with Crippen molar-refractivity contribution in [2.75, 3.05) is 52.4 Å². The summed E-state index contributed by atoms with van der Waals surface area (Å²) in [4.78, 5) is 15.9. The number of piperazine rings is 1. The molecule has 0 radical (unpaired) electrons. The summed E-state index contributed by atoms with van der Waals surface area (Å²) in [5.74, 6) is 1.75. The molecule has 0 amide bonds. The second-order valence-electron chi connectivity index (χ2n) is 7.71. The number of aliphatic hydroxyl groups is 1. The van der Waals surface area contributed by atoms with Crippen LogP contribution in [0.5, 0.6) is 0 Å². The van der Waals surface area contributed by atoms with Crippen molar-refractivity contribution in [2.45, 2.75) is 44.2 Å². The predicted octanol–water partition coefficient (Wildman–Crippen LogP) is 0.827. The molecule has 2 N–H and O–H groups in total. The number of piperidine rings is 1. The fraction of sp³-hybridized carbons (Fsp3) is 0.789. The molecule has 0 unspecified atom stereocenters. The number of nitrogens with zero attached hydrogens (tertiary/aromatic N) is 4. The molecule has 0 bridgehead atoms. The van der Waals surface area contributed by atoms with Gasteiger partial charge in [0.15, 0.2) is 0 Å². The first-order valence-electron chi connectivity index (χ1n) is 10.1. The van der Waals surface area contributed by atoms with Crippen LogP contribution in [-0.4, -0.2) is 95.0 Å². The molecular formula is C19H32N4O4. The van der Waals surface area contributed by atoms with Crippen LogP contribution in [0.2, 0.25) is 0 Å². The maximum Gasteiger partial charge on any atom is 0.290 e. The zero-order chi connectivity index (χ0) is 19.1. The van der Waals surface area contributed by atoms with Crippen molar-refractivity contribution in [1.29, 1.82) is 0 Å². The third-order valence-corrected chi connectivity index (χ3v) is 5.84. The van der Waals surface area contributed by atoms with E-state index in [9.17, 15) is 0 Å². The molecule has 0 atom stereocenters. The molecule has 1 aromatic heterocycles. The minimum atomic E-state index is -0.250. The van der Waals surface area contributed by atoms with Gasteiger partial charge in [-0.25, -0.2) is 0 Å². The maximum atomic E-state index is 9.05. The molecule has 3 aliphatic rings. The molecule has 3 fully saturated rings. The second kappa shape index (κ2) is 10.2. The Balaban J connectivity index is 0.000000659. The maximum absolute atomic E-state index is 9.05. The molecule has 1 aromatic rings. The average Bonchev–Trinajstić information content (AvgIpc) is 3.44. The zero-order valence-corrected chi connectivity index (χ0v) is 16.0. The number of carbonyl (C=O) groups is 1. The summed E-state index contributed by atoms with van der Waals surface area (Å²) < 4.78 is 5.47. The van der Waals surface area contributed by atoms with E-state index in [0.29, 0.717) is 5.92 Å². The number of carboxylic acid groups (broad SMARTS) is 1. The molecule has 152 valence electrons. The molecule has 27 heavy (non-hydrogen) atoms. The third kappa shape index (κ3) is 6.00. The Hall–Kier alpha value is -1.48. The van der Waals surface area contributed by atoms with Crippen LogP contribution < -0.4 is 0 Å². The van der Waals surface area contributed by atoms with Crippen molar-refractivity contribution < 1.29 is 19.5 Å². The van der Waals surface area contributed by atoms with E-state index in [4.69, 9.17) is 19.5 Å². The van der Waals surface area contributed by atoms with Gasteiger partial charge < -0.3 is 14.7 Å². The monoisotopic (exact) mass is 380 g/mol. The van der Waals surface area contributed by atoms with Crippen LogP contribution in [0.3, 0.4) is 0 Å². The second-order valence-corrected chi connectivity index (χ2v) is 7.71. The van der Waals surface area contributed by atoms with E-state index in [1.54, 1.807) is 0 Å². The highest BCUT2D eigenvalue weighted by Gasteiger charge is 2.29. The Morgan fingerprint density at radius 2 is 1.74 bits per heavy atom. The molecular weight excluding hydrogens is 348 g/mol. The first-order chi connectivity index (χ1) is 13.2. The van der Waals surface area contributed by atoms with Gasteiger partial charge in [0, 0.05) is 70.4 Å². The Morgan fingerprint density at radius 1 is 1.07 bits per heavy atom. The van der Waals surface area contributed by atoms with Crippen molar-refractivity contribution in [3.05, 3.63) is 17.5 Å². The van der Waals surface area contributed by atoms with Gasteiger partial charge in [0.05, 0.1) is 12.3 Å². The zero-order valence-electron chi connectivity index (χ0n) is 16.0. The smallest absolute Gasteiger partial charge is 0.290 e. The largest absolute Gasteiger partial charge is 0.483 e. The molecule has 0 spiro atoms. The molecule has 8 nitrogen and oxygen atoms in total. The lowest BCUT2D eigenvalue weighted by atomic mass is 10.0. The van der Waals surface area contributed by atoms with Gasteiger partial charge in [-0.15, -0.1) is 0 Å². The molecule has 4 rings (SSSR count). The van der Waals surface area contributed by atoms with Crippen molar-refractivity contribution in [3.8, 4) is 0 Å². The Bertz CT molecular complexity index is 562. The van der Waals surface area contributed by atoms with Crippen molar-refractivity contribution in [1.82, 2.24) is 19.9 Å². The summed E-state index contributed by atoms with van der Waals surface area (Å²) >= 11 is 0. The highest BCUT2D eigenvalue weighted by Crippen LogP contribution is 2.40. The van der Waals surface area contributed by atoms with Crippen LogP contribution >= 0.6 is 0 Å². The summed E-state index contributed by atoms with van der Waals surface area (Å²) in [6, 6.07) is 2.90. The quantitative estimate of drug-likeness (QED) is 0.701. The van der Waals surface area contributed by atoms with Crippen LogP contribution in [0.1, 0.15) is 43.1 Å². The van der Waals surface area contributed by atoms with Crippen LogP contribution in [-0.2, 0) is 11.3 Å². The number of likely N-dealkylation sites (tertiary alicyclic amines) is 1. The molecule has 1 aliphatic carbocycles. The lowest BCUT2D eigenvalue weighted by molar-refractivity contribution is -0.122. The van der Waals surface area contributed by atoms with E-state index < -0.39 is 0 Å². The van der Waals surface area contributed by atoms with Crippen molar-refractivity contribution in [3.63, 3.8) is 0 Å². The molecule has 2 saturated heterocycles. The van der Waals surface area contributed by atoms with Gasteiger partial charge in [0.1, 0.15) is 5.76 Å². The van der Waals surface area contributed by atoms with E-state index in [2.05, 4.69) is 25.9 Å². The van der Waals surface area contributed by atoms with Crippen LogP contribution in [0, 0.1) is 0 Å². The topological polar surface area (TPSA) is 93.3 Å². The van der Waals surface area contributed by atoms with Gasteiger partial charge in [0.2, 0.25) is 0 Å². The van der Waals surface area contributed by atoms with E-state index in [0.717, 1.165) is 69.9 Å². The Labute approximate surface area is 160 Å². The molecule has 2 aliphatic heterocycles. The van der Waals surface area contributed by atoms with E-state index >= 15 is 0 Å². The van der Waals surface area contributed by atoms with Crippen LogP contribution in [0.25, 0.3) is 0 Å². The number of hydrogen-bond donors (Lipinski definition) is 2. The molecule has 8 heteroatoms. The summed E-state index contributed by atoms with van der Waals surface area (Å²) in [6.07, 6.45) is 5.05. The number of hydrogen-bond acceptors (Lipinski definition) is 7. The first-order valence-corrected chi connectivity index (χ1v) is 10.1. The summed E-state index contributed by atoms with van der Waals surface area (Å²) in [5, 5.41) is 20.2. The SMILES string of the molecule is O=CO.OCCN1CCN(C2CCN(Cc3cc(C4CC4)on3)CC2)CC1. The fourth-order valence-electron chi connectivity index (χ4n) is 4.13. The van der Waals surface area contributed by atoms with E-state index in [1.165, 1.54) is 25.7 Å². The highest BCUT2D eigenvalue weighted by atomic mass is 16.5. The fourth-order valence-corrected chi connectivity index (χ4v) is 4.13. The number of aromatic nitrogens is 1. The standard InChI is InChI=1S/C18H30N4O2.CH2O2/c23-12-11-20-7-9-22(10-8-20)17-3-5-21(6-4-17)14-16-13-18(24-19-16)15-1-2-15;2-1-3/h13,15,17,23H,1-12,14H2;1H,(H,2,3). The Morgan fingerprint density at radius 3 is 2.33 bits per heavy atom. The summed E-state index contributed by atoms with van der Waals surface area (Å²) in [6.45, 7) is 8.62. The third-order valence-electron chi connectivity index (χ3n) is 5.84. The number of β-amino-alcohol motifs (C(OH)–C–C–N with tert-alkyl or cyclic N) is 1. The van der Waals surface area contributed by atoms with Gasteiger partial charge in [0.25, 0.3) is 6.47 Å². The Kier molecular flexibility index (Phi) is 7.63. The van der Waals surface area contributed by atoms with Gasteiger partial charge in [-0.05, 0) is 25.7 Å². The highest BCUT2D eigenvalue weighted by molar-refractivity contribution is 5.32. The van der Waals surface area contributed by atoms with Gasteiger partial charge in [-0.1, -0.05) is 5.16 Å². The summed E-state index contributed by atoms with van der Waals surface area (Å²) in [5.41, 5.74) is 1.10. The minimum Gasteiger partial charge on any atom is -0.483 e. The lowest BCUT2D eigenvalue weighted by Gasteiger charge is -2.42.